The Labute approximate surface area is 150 Å². The number of aliphatic hydroxyl groups is 1. The molecule has 7 heteroatoms. The maximum Gasteiger partial charge on any atom is 0.321 e. The van der Waals surface area contributed by atoms with Gasteiger partial charge >= 0.3 is 6.03 Å². The average molecular weight is 349 g/mol. The number of hydrogen-bond acceptors (Lipinski definition) is 5. The van der Waals surface area contributed by atoms with Crippen LogP contribution in [0.4, 0.5) is 16.2 Å². The maximum atomic E-state index is 12.4. The predicted octanol–water partition coefficient (Wildman–Crippen LogP) is 0.825. The highest BCUT2D eigenvalue weighted by atomic mass is 16.3. The fraction of sp³-hybridized carbons (Fsp3) is 0.611. The number of carbonyl (C=O) groups is 1. The molecule has 1 aromatic carbocycles. The molecular weight excluding hydrogens is 318 g/mol. The third kappa shape index (κ3) is 5.88. The second kappa shape index (κ2) is 9.03. The molecule has 1 saturated heterocycles. The number of amides is 2. The first kappa shape index (κ1) is 19.5. The van der Waals surface area contributed by atoms with E-state index in [1.54, 1.807) is 7.05 Å². The van der Waals surface area contributed by atoms with Crippen LogP contribution in [-0.4, -0.2) is 99.4 Å². The van der Waals surface area contributed by atoms with Crippen molar-refractivity contribution in [2.45, 2.75) is 6.10 Å². The summed E-state index contributed by atoms with van der Waals surface area (Å²) in [4.78, 5) is 20.4. The number of urea groups is 1. The van der Waals surface area contributed by atoms with Crippen LogP contribution >= 0.6 is 0 Å². The zero-order chi connectivity index (χ0) is 18.4. The Morgan fingerprint density at radius 1 is 1.20 bits per heavy atom. The molecule has 0 bridgehead atoms. The number of piperazine rings is 1. The van der Waals surface area contributed by atoms with Crippen molar-refractivity contribution in [3.05, 3.63) is 24.3 Å². The molecule has 0 unspecified atom stereocenters. The molecular formula is C18H31N5O2. The zero-order valence-corrected chi connectivity index (χ0v) is 15.8. The second-order valence-electron chi connectivity index (χ2n) is 6.98. The maximum absolute atomic E-state index is 12.4. The summed E-state index contributed by atoms with van der Waals surface area (Å²) in [5, 5.41) is 13.2. The lowest BCUT2D eigenvalue weighted by Crippen LogP contribution is -2.49. The van der Waals surface area contributed by atoms with Crippen molar-refractivity contribution in [3.63, 3.8) is 0 Å². The van der Waals surface area contributed by atoms with E-state index in [1.807, 2.05) is 43.3 Å². The van der Waals surface area contributed by atoms with Crippen molar-refractivity contribution < 1.29 is 9.90 Å². The van der Waals surface area contributed by atoms with Gasteiger partial charge in [-0.3, -0.25) is 4.90 Å². The second-order valence-corrected chi connectivity index (χ2v) is 6.98. The number of aliphatic hydroxyl groups excluding tert-OH is 1. The summed E-state index contributed by atoms with van der Waals surface area (Å²) in [5.74, 6) is 0. The predicted molar refractivity (Wildman–Crippen MR) is 102 cm³/mol. The molecule has 0 aromatic heterocycles. The van der Waals surface area contributed by atoms with Crippen molar-refractivity contribution in [2.24, 2.45) is 0 Å². The van der Waals surface area contributed by atoms with Gasteiger partial charge in [0.1, 0.15) is 0 Å². The van der Waals surface area contributed by atoms with E-state index in [0.29, 0.717) is 13.1 Å². The molecule has 1 heterocycles. The summed E-state index contributed by atoms with van der Waals surface area (Å²) in [7, 11) is 7.70. The average Bonchev–Trinajstić information content (AvgIpc) is 2.57. The monoisotopic (exact) mass is 349 g/mol. The number of nitrogens with zero attached hydrogens (tertiary/aromatic N) is 4. The third-order valence-corrected chi connectivity index (χ3v) is 4.52. The topological polar surface area (TPSA) is 62.3 Å². The van der Waals surface area contributed by atoms with E-state index in [9.17, 15) is 9.90 Å². The van der Waals surface area contributed by atoms with Crippen LogP contribution in [0.5, 0.6) is 0 Å². The van der Waals surface area contributed by atoms with E-state index < -0.39 is 6.10 Å². The molecule has 2 rings (SSSR count). The molecule has 0 aliphatic carbocycles. The lowest BCUT2D eigenvalue weighted by atomic mass is 10.2. The van der Waals surface area contributed by atoms with Crippen LogP contribution in [0.3, 0.4) is 0 Å². The quantitative estimate of drug-likeness (QED) is 0.796. The highest BCUT2D eigenvalue weighted by Gasteiger charge is 2.20. The molecule has 0 radical (unpaired) electrons. The van der Waals surface area contributed by atoms with Crippen molar-refractivity contribution >= 4 is 17.4 Å². The summed E-state index contributed by atoms with van der Waals surface area (Å²) in [6.07, 6.45) is -0.553. The number of nitrogens with one attached hydrogen (secondary N) is 1. The fourth-order valence-corrected chi connectivity index (χ4v) is 2.97. The Kier molecular flexibility index (Phi) is 7.04. The van der Waals surface area contributed by atoms with Crippen molar-refractivity contribution in [1.82, 2.24) is 14.7 Å². The van der Waals surface area contributed by atoms with Gasteiger partial charge in [0, 0.05) is 60.4 Å². The lowest BCUT2D eigenvalue weighted by molar-refractivity contribution is 0.0670. The number of rotatable bonds is 6. The number of benzene rings is 1. The molecule has 1 aromatic rings. The van der Waals surface area contributed by atoms with Crippen LogP contribution in [0.2, 0.25) is 0 Å². The summed E-state index contributed by atoms with van der Waals surface area (Å²) in [5.41, 5.74) is 1.71. The normalized spacial score (nSPS) is 17.2. The first-order chi connectivity index (χ1) is 11.9. The van der Waals surface area contributed by atoms with Gasteiger partial charge in [0.15, 0.2) is 0 Å². The lowest BCUT2D eigenvalue weighted by Gasteiger charge is -2.34. The van der Waals surface area contributed by atoms with Crippen LogP contribution in [0.25, 0.3) is 0 Å². The molecule has 2 amide bonds. The van der Waals surface area contributed by atoms with E-state index in [4.69, 9.17) is 0 Å². The van der Waals surface area contributed by atoms with Gasteiger partial charge in [-0.1, -0.05) is 12.1 Å². The highest BCUT2D eigenvalue weighted by molar-refractivity contribution is 5.93. The van der Waals surface area contributed by atoms with Gasteiger partial charge in [0.25, 0.3) is 0 Å². The molecule has 0 spiro atoms. The van der Waals surface area contributed by atoms with Crippen LogP contribution in [0.15, 0.2) is 24.3 Å². The minimum absolute atomic E-state index is 0.216. The smallest absolute Gasteiger partial charge is 0.321 e. The van der Waals surface area contributed by atoms with Gasteiger partial charge < -0.3 is 25.1 Å². The van der Waals surface area contributed by atoms with Crippen LogP contribution in [0.1, 0.15) is 0 Å². The first-order valence-electron chi connectivity index (χ1n) is 8.74. The van der Waals surface area contributed by atoms with Crippen LogP contribution < -0.4 is 10.2 Å². The summed E-state index contributed by atoms with van der Waals surface area (Å²) < 4.78 is 0. The number of carbonyl (C=O) groups excluding carboxylic acids is 1. The van der Waals surface area contributed by atoms with E-state index >= 15 is 0 Å². The Morgan fingerprint density at radius 2 is 1.84 bits per heavy atom. The minimum Gasteiger partial charge on any atom is -0.390 e. The Hall–Kier alpha value is -1.83. The SMILES string of the molecule is CN1CCN(C[C@@H](O)CN(C)C(=O)Nc2ccccc2N(C)C)CC1. The van der Waals surface area contributed by atoms with Crippen molar-refractivity contribution in [1.29, 1.82) is 0 Å². The summed E-state index contributed by atoms with van der Waals surface area (Å²) >= 11 is 0. The highest BCUT2D eigenvalue weighted by Crippen LogP contribution is 2.23. The Bertz CT molecular complexity index is 558. The molecule has 25 heavy (non-hydrogen) atoms. The van der Waals surface area contributed by atoms with Crippen LogP contribution in [0, 0.1) is 0 Å². The van der Waals surface area contributed by atoms with Gasteiger partial charge in [-0.15, -0.1) is 0 Å². The molecule has 0 saturated carbocycles. The molecule has 140 valence electrons. The van der Waals surface area contributed by atoms with E-state index in [2.05, 4.69) is 22.2 Å². The third-order valence-electron chi connectivity index (χ3n) is 4.52. The number of hydrogen-bond donors (Lipinski definition) is 2. The molecule has 1 atom stereocenters. The van der Waals surface area contributed by atoms with Crippen molar-refractivity contribution in [2.75, 3.05) is 77.7 Å². The fourth-order valence-electron chi connectivity index (χ4n) is 2.97. The van der Waals surface area contributed by atoms with Crippen LogP contribution in [-0.2, 0) is 0 Å². The standard InChI is InChI=1S/C18H31N5O2/c1-20(2)17-8-6-5-7-16(17)19-18(25)22(4)13-15(24)14-23-11-9-21(3)10-12-23/h5-8,15,24H,9-14H2,1-4H3,(H,19,25)/t15-/m0/s1. The van der Waals surface area contributed by atoms with E-state index in [1.165, 1.54) is 4.90 Å². The molecule has 2 N–H and O–H groups in total. The van der Waals surface area contributed by atoms with Gasteiger partial charge in [0.2, 0.25) is 0 Å². The van der Waals surface area contributed by atoms with Crippen molar-refractivity contribution in [3.8, 4) is 0 Å². The number of likely N-dealkylation sites (N-methyl/N-ethyl adjacent to an activating group) is 2. The largest absolute Gasteiger partial charge is 0.390 e. The Morgan fingerprint density at radius 3 is 2.48 bits per heavy atom. The van der Waals surface area contributed by atoms with Gasteiger partial charge in [-0.25, -0.2) is 4.79 Å². The number of para-hydroxylation sites is 2. The van der Waals surface area contributed by atoms with E-state index in [-0.39, 0.29) is 6.03 Å². The summed E-state index contributed by atoms with van der Waals surface area (Å²) in [6, 6.07) is 7.45. The minimum atomic E-state index is -0.553. The van der Waals surface area contributed by atoms with E-state index in [0.717, 1.165) is 37.6 Å². The van der Waals surface area contributed by atoms with Gasteiger partial charge in [-0.2, -0.15) is 0 Å². The molecule has 1 aliphatic rings. The molecule has 7 nitrogen and oxygen atoms in total. The Balaban J connectivity index is 1.83. The first-order valence-corrected chi connectivity index (χ1v) is 8.74. The molecule has 1 aliphatic heterocycles. The van der Waals surface area contributed by atoms with Gasteiger partial charge in [0.05, 0.1) is 17.5 Å². The number of β-amino-alcohol motifs (C(OH)–C–C–N with tert-alkyl or cyclic N) is 1. The zero-order valence-electron chi connectivity index (χ0n) is 15.8. The van der Waals surface area contributed by atoms with Gasteiger partial charge in [-0.05, 0) is 19.2 Å². The summed E-state index contributed by atoms with van der Waals surface area (Å²) in [6.45, 7) is 4.86. The molecule has 1 fully saturated rings. The number of anilines is 2.